The Kier molecular flexibility index (Phi) is 2.92. The van der Waals surface area contributed by atoms with E-state index in [1.807, 2.05) is 0 Å². The fourth-order valence-corrected chi connectivity index (χ4v) is 2.26. The molecule has 0 saturated carbocycles. The molecule has 4 heteroatoms. The molecule has 86 valence electrons. The normalized spacial score (nSPS) is 23.7. The molecule has 1 aromatic carbocycles. The lowest BCUT2D eigenvalue weighted by Crippen LogP contribution is -2.33. The highest BCUT2D eigenvalue weighted by atomic mass is 19.1. The molecule has 0 heterocycles. The minimum atomic E-state index is -0.466. The molecular formula is C12H14FNO2. The highest BCUT2D eigenvalue weighted by Gasteiger charge is 2.33. The van der Waals surface area contributed by atoms with E-state index in [9.17, 15) is 9.18 Å². The SMILES string of the molecule is COC(=O)C1CCc2c(F)cccc2C1N. The van der Waals surface area contributed by atoms with Gasteiger partial charge in [-0.3, -0.25) is 4.79 Å². The first-order valence-electron chi connectivity index (χ1n) is 5.26. The number of carbonyl (C=O) groups is 1. The number of benzene rings is 1. The average molecular weight is 223 g/mol. The Bertz CT molecular complexity index is 419. The first kappa shape index (κ1) is 11.1. The summed E-state index contributed by atoms with van der Waals surface area (Å²) in [5.74, 6) is -0.919. The van der Waals surface area contributed by atoms with Crippen molar-refractivity contribution >= 4 is 5.97 Å². The van der Waals surface area contributed by atoms with Crippen molar-refractivity contribution in [3.05, 3.63) is 35.1 Å². The van der Waals surface area contributed by atoms with Gasteiger partial charge in [0.25, 0.3) is 0 Å². The van der Waals surface area contributed by atoms with Crippen LogP contribution < -0.4 is 5.73 Å². The topological polar surface area (TPSA) is 52.3 Å². The van der Waals surface area contributed by atoms with E-state index in [1.165, 1.54) is 13.2 Å². The molecule has 1 aliphatic carbocycles. The highest BCUT2D eigenvalue weighted by Crippen LogP contribution is 2.34. The zero-order valence-electron chi connectivity index (χ0n) is 9.07. The summed E-state index contributed by atoms with van der Waals surface area (Å²) in [6.07, 6.45) is 1.08. The number of esters is 1. The van der Waals surface area contributed by atoms with E-state index in [1.54, 1.807) is 12.1 Å². The van der Waals surface area contributed by atoms with Crippen LogP contribution in [0.1, 0.15) is 23.6 Å². The number of halogens is 1. The molecule has 0 saturated heterocycles. The predicted molar refractivity (Wildman–Crippen MR) is 57.2 cm³/mol. The molecule has 16 heavy (non-hydrogen) atoms. The number of nitrogens with two attached hydrogens (primary N) is 1. The summed E-state index contributed by atoms with van der Waals surface area (Å²) in [6, 6.07) is 4.35. The highest BCUT2D eigenvalue weighted by molar-refractivity contribution is 5.74. The molecule has 0 radical (unpaired) electrons. The average Bonchev–Trinajstić information content (AvgIpc) is 2.30. The number of hydrogen-bond donors (Lipinski definition) is 1. The largest absolute Gasteiger partial charge is 0.469 e. The van der Waals surface area contributed by atoms with Crippen LogP contribution in [0.2, 0.25) is 0 Å². The van der Waals surface area contributed by atoms with Crippen molar-refractivity contribution in [3.8, 4) is 0 Å². The van der Waals surface area contributed by atoms with Gasteiger partial charge in [0.2, 0.25) is 0 Å². The summed E-state index contributed by atoms with van der Waals surface area (Å²) in [7, 11) is 1.34. The van der Waals surface area contributed by atoms with Gasteiger partial charge in [0.05, 0.1) is 13.0 Å². The van der Waals surface area contributed by atoms with Crippen LogP contribution in [0.5, 0.6) is 0 Å². The van der Waals surface area contributed by atoms with E-state index in [0.717, 1.165) is 5.56 Å². The van der Waals surface area contributed by atoms with Crippen LogP contribution in [0, 0.1) is 11.7 Å². The monoisotopic (exact) mass is 223 g/mol. The molecule has 0 aliphatic heterocycles. The standard InChI is InChI=1S/C12H14FNO2/c1-16-12(15)9-6-5-7-8(11(9)14)3-2-4-10(7)13/h2-4,9,11H,5-6,14H2,1H3. The summed E-state index contributed by atoms with van der Waals surface area (Å²) >= 11 is 0. The molecule has 1 aliphatic rings. The molecule has 0 fully saturated rings. The fourth-order valence-electron chi connectivity index (χ4n) is 2.26. The lowest BCUT2D eigenvalue weighted by Gasteiger charge is -2.29. The van der Waals surface area contributed by atoms with E-state index < -0.39 is 6.04 Å². The first-order chi connectivity index (χ1) is 7.65. The lowest BCUT2D eigenvalue weighted by atomic mass is 9.80. The molecule has 1 aromatic rings. The fraction of sp³-hybridized carbons (Fsp3) is 0.417. The van der Waals surface area contributed by atoms with Crippen molar-refractivity contribution in [2.75, 3.05) is 7.11 Å². The van der Waals surface area contributed by atoms with E-state index in [4.69, 9.17) is 10.5 Å². The quantitative estimate of drug-likeness (QED) is 0.735. The molecule has 0 aromatic heterocycles. The van der Waals surface area contributed by atoms with Gasteiger partial charge in [0, 0.05) is 6.04 Å². The van der Waals surface area contributed by atoms with Gasteiger partial charge in [-0.1, -0.05) is 12.1 Å². The van der Waals surface area contributed by atoms with Crippen LogP contribution in [-0.2, 0) is 16.0 Å². The molecule has 0 spiro atoms. The van der Waals surface area contributed by atoms with Gasteiger partial charge in [-0.2, -0.15) is 0 Å². The third-order valence-electron chi connectivity index (χ3n) is 3.16. The van der Waals surface area contributed by atoms with E-state index in [2.05, 4.69) is 0 Å². The Labute approximate surface area is 93.4 Å². The Hall–Kier alpha value is -1.42. The molecule has 2 N–H and O–H groups in total. The Morgan fingerprint density at radius 3 is 3.00 bits per heavy atom. The molecular weight excluding hydrogens is 209 g/mol. The van der Waals surface area contributed by atoms with Crippen LogP contribution in [0.3, 0.4) is 0 Å². The second-order valence-electron chi connectivity index (χ2n) is 4.00. The van der Waals surface area contributed by atoms with Crippen LogP contribution >= 0.6 is 0 Å². The maximum atomic E-state index is 13.5. The van der Waals surface area contributed by atoms with Gasteiger partial charge in [-0.15, -0.1) is 0 Å². The number of ether oxygens (including phenoxy) is 1. The van der Waals surface area contributed by atoms with Gasteiger partial charge in [0.1, 0.15) is 5.82 Å². The number of methoxy groups -OCH3 is 1. The van der Waals surface area contributed by atoms with Gasteiger partial charge in [0.15, 0.2) is 0 Å². The third kappa shape index (κ3) is 1.69. The summed E-state index contributed by atoms with van der Waals surface area (Å²) in [6.45, 7) is 0. The van der Waals surface area contributed by atoms with Crippen molar-refractivity contribution in [3.63, 3.8) is 0 Å². The molecule has 2 atom stereocenters. The second-order valence-corrected chi connectivity index (χ2v) is 4.00. The zero-order chi connectivity index (χ0) is 11.7. The van der Waals surface area contributed by atoms with Crippen molar-refractivity contribution < 1.29 is 13.9 Å². The molecule has 0 amide bonds. The van der Waals surface area contributed by atoms with Crippen LogP contribution in [-0.4, -0.2) is 13.1 Å². The van der Waals surface area contributed by atoms with Gasteiger partial charge >= 0.3 is 5.97 Å². The number of fused-ring (bicyclic) bond motifs is 1. The van der Waals surface area contributed by atoms with E-state index in [-0.39, 0.29) is 17.7 Å². The minimum absolute atomic E-state index is 0.240. The van der Waals surface area contributed by atoms with Gasteiger partial charge < -0.3 is 10.5 Å². The Morgan fingerprint density at radius 2 is 2.31 bits per heavy atom. The number of hydrogen-bond acceptors (Lipinski definition) is 3. The Morgan fingerprint density at radius 1 is 1.56 bits per heavy atom. The number of carbonyl (C=O) groups excluding carboxylic acids is 1. The smallest absolute Gasteiger partial charge is 0.310 e. The lowest BCUT2D eigenvalue weighted by molar-refractivity contribution is -0.146. The third-order valence-corrected chi connectivity index (χ3v) is 3.16. The molecule has 2 unspecified atom stereocenters. The predicted octanol–water partition coefficient (Wildman–Crippen LogP) is 1.56. The van der Waals surface area contributed by atoms with Crippen molar-refractivity contribution in [2.24, 2.45) is 11.7 Å². The Balaban J connectivity index is 2.36. The van der Waals surface area contributed by atoms with Crippen molar-refractivity contribution in [2.45, 2.75) is 18.9 Å². The molecule has 3 nitrogen and oxygen atoms in total. The van der Waals surface area contributed by atoms with Crippen LogP contribution in [0.4, 0.5) is 4.39 Å². The van der Waals surface area contributed by atoms with Gasteiger partial charge in [-0.25, -0.2) is 4.39 Å². The number of rotatable bonds is 1. The minimum Gasteiger partial charge on any atom is -0.469 e. The molecule has 0 bridgehead atoms. The van der Waals surface area contributed by atoms with E-state index in [0.29, 0.717) is 18.4 Å². The summed E-state index contributed by atoms with van der Waals surface area (Å²) in [5, 5.41) is 0. The maximum absolute atomic E-state index is 13.5. The second kappa shape index (κ2) is 4.22. The van der Waals surface area contributed by atoms with Crippen molar-refractivity contribution in [1.82, 2.24) is 0 Å². The van der Waals surface area contributed by atoms with Crippen molar-refractivity contribution in [1.29, 1.82) is 0 Å². The maximum Gasteiger partial charge on any atom is 0.310 e. The summed E-state index contributed by atoms with van der Waals surface area (Å²) < 4.78 is 18.2. The van der Waals surface area contributed by atoms with Crippen LogP contribution in [0.15, 0.2) is 18.2 Å². The first-order valence-corrected chi connectivity index (χ1v) is 5.26. The van der Waals surface area contributed by atoms with E-state index >= 15 is 0 Å². The summed E-state index contributed by atoms with van der Waals surface area (Å²) in [4.78, 5) is 11.5. The summed E-state index contributed by atoms with van der Waals surface area (Å²) in [5.41, 5.74) is 7.33. The van der Waals surface area contributed by atoms with Gasteiger partial charge in [-0.05, 0) is 30.0 Å². The zero-order valence-corrected chi connectivity index (χ0v) is 9.07. The molecule has 2 rings (SSSR count). The van der Waals surface area contributed by atoms with Crippen LogP contribution in [0.25, 0.3) is 0 Å².